The number of hydrogen-bond donors (Lipinski definition) is 2. The van der Waals surface area contributed by atoms with E-state index in [2.05, 4.69) is 9.97 Å². The Morgan fingerprint density at radius 1 is 1.26 bits per heavy atom. The van der Waals surface area contributed by atoms with E-state index in [4.69, 9.17) is 5.73 Å². The number of aromatic nitrogens is 2. The monoisotopic (exact) mass is 335 g/mol. The second-order valence-electron chi connectivity index (χ2n) is 6.72. The molecule has 0 saturated carbocycles. The first-order valence-corrected chi connectivity index (χ1v) is 7.14. The van der Waals surface area contributed by atoms with Gasteiger partial charge in [-0.15, -0.1) is 22.7 Å². The molecule has 2 aromatic rings. The molecule has 7 heteroatoms. The van der Waals surface area contributed by atoms with E-state index in [9.17, 15) is 10.0 Å². The van der Waals surface area contributed by atoms with Crippen molar-refractivity contribution in [3.8, 4) is 0 Å². The summed E-state index contributed by atoms with van der Waals surface area (Å²) in [5.41, 5.74) is 6.53. The van der Waals surface area contributed by atoms with Crippen molar-refractivity contribution in [1.82, 2.24) is 15.0 Å². The summed E-state index contributed by atoms with van der Waals surface area (Å²) in [6, 6.07) is 5.23. The number of H-pyrrole nitrogens is 1. The first-order chi connectivity index (χ1) is 10.1. The average Bonchev–Trinajstić information content (AvgIpc) is 2.92. The SMILES string of the molecule is CC1(C)C=C(c2nc3c(C(N)=O)cccc3[nH]2)C(C)(C)N1[O].Cl. The predicted octanol–water partition coefficient (Wildman–Crippen LogP) is 2.69. The molecule has 1 aliphatic rings. The van der Waals surface area contributed by atoms with Crippen molar-refractivity contribution in [1.29, 1.82) is 0 Å². The minimum absolute atomic E-state index is 0. The molecule has 1 aliphatic heterocycles. The number of nitrogens with one attached hydrogen (secondary N) is 1. The number of benzene rings is 1. The zero-order valence-electron chi connectivity index (χ0n) is 13.5. The molecule has 0 atom stereocenters. The number of para-hydroxylation sites is 1. The van der Waals surface area contributed by atoms with Gasteiger partial charge in [-0.1, -0.05) is 12.1 Å². The van der Waals surface area contributed by atoms with Crippen LogP contribution in [-0.4, -0.2) is 32.0 Å². The van der Waals surface area contributed by atoms with Gasteiger partial charge >= 0.3 is 0 Å². The number of nitrogens with two attached hydrogens (primary N) is 1. The van der Waals surface area contributed by atoms with Crippen LogP contribution in [0.15, 0.2) is 24.3 Å². The van der Waals surface area contributed by atoms with E-state index in [0.29, 0.717) is 16.9 Å². The van der Waals surface area contributed by atoms with Gasteiger partial charge in [0.25, 0.3) is 5.91 Å². The Kier molecular flexibility index (Phi) is 4.05. The molecule has 0 spiro atoms. The van der Waals surface area contributed by atoms with E-state index in [1.807, 2.05) is 39.8 Å². The molecule has 3 N–H and O–H groups in total. The zero-order chi connectivity index (χ0) is 16.3. The Hall–Kier alpha value is -1.89. The highest BCUT2D eigenvalue weighted by atomic mass is 35.5. The fraction of sp³-hybridized carbons (Fsp3) is 0.375. The van der Waals surface area contributed by atoms with Crippen LogP contribution in [0.2, 0.25) is 0 Å². The number of amides is 1. The number of primary amides is 1. The van der Waals surface area contributed by atoms with Crippen LogP contribution in [0, 0.1) is 0 Å². The summed E-state index contributed by atoms with van der Waals surface area (Å²) >= 11 is 0. The highest BCUT2D eigenvalue weighted by molar-refractivity contribution is 6.04. The third-order valence-corrected chi connectivity index (χ3v) is 4.22. The van der Waals surface area contributed by atoms with Gasteiger partial charge in [0.05, 0.1) is 22.2 Å². The first kappa shape index (κ1) is 17.5. The van der Waals surface area contributed by atoms with Crippen molar-refractivity contribution >= 4 is 34.9 Å². The molecular formula is C16H20ClN4O2. The molecule has 1 aromatic carbocycles. The largest absolute Gasteiger partial charge is 0.366 e. The van der Waals surface area contributed by atoms with Crippen LogP contribution < -0.4 is 5.73 Å². The van der Waals surface area contributed by atoms with Crippen LogP contribution in [0.4, 0.5) is 0 Å². The fourth-order valence-corrected chi connectivity index (χ4v) is 3.13. The van der Waals surface area contributed by atoms with Gasteiger partial charge in [0.1, 0.15) is 11.3 Å². The molecule has 0 unspecified atom stereocenters. The van der Waals surface area contributed by atoms with Crippen molar-refractivity contribution < 1.29 is 10.0 Å². The van der Waals surface area contributed by atoms with Gasteiger partial charge in [-0.3, -0.25) is 4.79 Å². The van der Waals surface area contributed by atoms with Crippen molar-refractivity contribution in [2.45, 2.75) is 38.8 Å². The molecular weight excluding hydrogens is 316 g/mol. The number of nitrogens with zero attached hydrogens (tertiary/aromatic N) is 2. The van der Waals surface area contributed by atoms with Crippen LogP contribution in [0.5, 0.6) is 0 Å². The van der Waals surface area contributed by atoms with E-state index in [1.54, 1.807) is 12.1 Å². The number of halogens is 1. The van der Waals surface area contributed by atoms with Crippen molar-refractivity contribution in [2.24, 2.45) is 5.73 Å². The van der Waals surface area contributed by atoms with Gasteiger partial charge in [0.15, 0.2) is 0 Å². The first-order valence-electron chi connectivity index (χ1n) is 7.14. The Bertz CT molecular complexity index is 808. The summed E-state index contributed by atoms with van der Waals surface area (Å²) < 4.78 is 0. The molecule has 0 fully saturated rings. The van der Waals surface area contributed by atoms with E-state index >= 15 is 0 Å². The molecule has 0 saturated heterocycles. The second-order valence-corrected chi connectivity index (χ2v) is 6.72. The number of hydrogen-bond acceptors (Lipinski definition) is 3. The number of imidazole rings is 1. The lowest BCUT2D eigenvalue weighted by molar-refractivity contribution is -0.234. The van der Waals surface area contributed by atoms with Gasteiger partial charge in [0, 0.05) is 5.57 Å². The van der Waals surface area contributed by atoms with Crippen LogP contribution in [0.25, 0.3) is 16.6 Å². The quantitative estimate of drug-likeness (QED) is 0.883. The highest BCUT2D eigenvalue weighted by Gasteiger charge is 2.47. The summed E-state index contributed by atoms with van der Waals surface area (Å²) in [4.78, 5) is 19.2. The molecule has 1 aromatic heterocycles. The van der Waals surface area contributed by atoms with Crippen LogP contribution >= 0.6 is 12.4 Å². The molecule has 0 bridgehead atoms. The smallest absolute Gasteiger partial charge is 0.250 e. The van der Waals surface area contributed by atoms with Crippen LogP contribution in [0.3, 0.4) is 0 Å². The number of carbonyl (C=O) groups is 1. The third-order valence-electron chi connectivity index (χ3n) is 4.22. The van der Waals surface area contributed by atoms with Crippen molar-refractivity contribution in [3.63, 3.8) is 0 Å². The zero-order valence-corrected chi connectivity index (χ0v) is 14.3. The third kappa shape index (κ3) is 2.52. The molecule has 1 amide bonds. The van der Waals surface area contributed by atoms with Crippen molar-refractivity contribution in [3.05, 3.63) is 35.7 Å². The highest BCUT2D eigenvalue weighted by Crippen LogP contribution is 2.43. The maximum absolute atomic E-state index is 12.5. The summed E-state index contributed by atoms with van der Waals surface area (Å²) in [7, 11) is 0. The van der Waals surface area contributed by atoms with Gasteiger partial charge < -0.3 is 10.7 Å². The minimum atomic E-state index is -0.704. The number of carbonyl (C=O) groups excluding carboxylic acids is 1. The number of aromatic amines is 1. The van der Waals surface area contributed by atoms with Crippen LogP contribution in [0.1, 0.15) is 43.9 Å². The van der Waals surface area contributed by atoms with Gasteiger partial charge in [0.2, 0.25) is 0 Å². The van der Waals surface area contributed by atoms with E-state index in [-0.39, 0.29) is 12.4 Å². The lowest BCUT2D eigenvalue weighted by atomic mass is 9.96. The maximum Gasteiger partial charge on any atom is 0.250 e. The molecule has 2 heterocycles. The van der Waals surface area contributed by atoms with E-state index in [0.717, 1.165) is 16.2 Å². The van der Waals surface area contributed by atoms with Gasteiger partial charge in [-0.2, -0.15) is 0 Å². The normalized spacial score (nSPS) is 19.4. The number of rotatable bonds is 2. The predicted molar refractivity (Wildman–Crippen MR) is 90.5 cm³/mol. The Labute approximate surface area is 140 Å². The summed E-state index contributed by atoms with van der Waals surface area (Å²) in [5, 5.41) is 13.5. The summed E-state index contributed by atoms with van der Waals surface area (Å²) in [6.07, 6.45) is 1.92. The average molecular weight is 336 g/mol. The molecule has 6 nitrogen and oxygen atoms in total. The van der Waals surface area contributed by atoms with Crippen LogP contribution in [-0.2, 0) is 5.21 Å². The molecule has 0 aliphatic carbocycles. The standard InChI is InChI=1S/C16H19N4O2.ClH/c1-15(2)8-10(16(3,4)20(15)22)14-18-11-7-5-6-9(13(17)21)12(11)19-14;/h5-8H,1-4H3,(H2,17,21)(H,18,19);1H. The molecule has 123 valence electrons. The lowest BCUT2D eigenvalue weighted by Crippen LogP contribution is -2.46. The van der Waals surface area contributed by atoms with Crippen molar-refractivity contribution in [2.75, 3.05) is 0 Å². The summed E-state index contributed by atoms with van der Waals surface area (Å²) in [5.74, 6) is 0.0780. The topological polar surface area (TPSA) is 94.9 Å². The Balaban J connectivity index is 0.00000192. The van der Waals surface area contributed by atoms with Gasteiger partial charge in [-0.25, -0.2) is 4.98 Å². The number of hydroxylamine groups is 2. The minimum Gasteiger partial charge on any atom is -0.366 e. The van der Waals surface area contributed by atoms with E-state index in [1.165, 1.54) is 0 Å². The van der Waals surface area contributed by atoms with E-state index < -0.39 is 17.0 Å². The maximum atomic E-state index is 12.5. The number of fused-ring (bicyclic) bond motifs is 1. The summed E-state index contributed by atoms with van der Waals surface area (Å²) in [6.45, 7) is 7.46. The second kappa shape index (κ2) is 5.33. The lowest BCUT2D eigenvalue weighted by Gasteiger charge is -2.33. The molecule has 1 radical (unpaired) electrons. The Morgan fingerprint density at radius 3 is 2.43 bits per heavy atom. The van der Waals surface area contributed by atoms with Gasteiger partial charge in [-0.05, 0) is 39.8 Å². The molecule has 3 rings (SSSR count). The molecule has 23 heavy (non-hydrogen) atoms. The fourth-order valence-electron chi connectivity index (χ4n) is 3.13. The Morgan fingerprint density at radius 2 is 1.91 bits per heavy atom.